The molecule has 0 aliphatic carbocycles. The van der Waals surface area contributed by atoms with Gasteiger partial charge in [-0.05, 0) is 24.3 Å². The van der Waals surface area contributed by atoms with Gasteiger partial charge in [0.25, 0.3) is 0 Å². The minimum absolute atomic E-state index is 0.120. The molecule has 0 bridgehead atoms. The van der Waals surface area contributed by atoms with Gasteiger partial charge in [-0.25, -0.2) is 4.39 Å². The number of nitrogens with one attached hydrogen (secondary N) is 1. The molecular formula is C29H37FN6O4. The van der Waals surface area contributed by atoms with Gasteiger partial charge in [-0.2, -0.15) is 0 Å². The number of hydrogen-bond acceptors (Lipinski definition) is 8. The molecule has 3 aliphatic rings. The number of rotatable bonds is 8. The Kier molecular flexibility index (Phi) is 8.69. The van der Waals surface area contributed by atoms with E-state index in [1.165, 1.54) is 13.0 Å². The molecule has 0 saturated carbocycles. The number of halogens is 1. The molecule has 2 aromatic carbocycles. The van der Waals surface area contributed by atoms with Crippen molar-refractivity contribution < 1.29 is 23.6 Å². The molecule has 40 heavy (non-hydrogen) atoms. The van der Waals surface area contributed by atoms with Crippen LogP contribution in [0.4, 0.5) is 15.8 Å². The lowest BCUT2D eigenvalue weighted by Gasteiger charge is -2.39. The van der Waals surface area contributed by atoms with Crippen LogP contribution in [0.3, 0.4) is 0 Å². The summed E-state index contributed by atoms with van der Waals surface area (Å²) in [6.45, 7) is 7.79. The number of hydrogen-bond donors (Lipinski definition) is 1. The summed E-state index contributed by atoms with van der Waals surface area (Å²) in [6.07, 6.45) is 0.263. The van der Waals surface area contributed by atoms with Gasteiger partial charge in [-0.3, -0.25) is 14.5 Å². The fourth-order valence-corrected chi connectivity index (χ4v) is 5.43. The van der Waals surface area contributed by atoms with Crippen molar-refractivity contribution in [1.82, 2.24) is 15.1 Å². The summed E-state index contributed by atoms with van der Waals surface area (Å²) >= 11 is 0. The van der Waals surface area contributed by atoms with E-state index in [0.717, 1.165) is 37.6 Å². The number of amides is 2. The van der Waals surface area contributed by atoms with Gasteiger partial charge in [0.15, 0.2) is 0 Å². The van der Waals surface area contributed by atoms with E-state index in [9.17, 15) is 9.59 Å². The number of ether oxygens (including phenoxy) is 1. The molecule has 2 fully saturated rings. The van der Waals surface area contributed by atoms with Crippen molar-refractivity contribution in [2.45, 2.75) is 19.4 Å². The van der Waals surface area contributed by atoms with Gasteiger partial charge in [0.05, 0.1) is 37.3 Å². The van der Waals surface area contributed by atoms with Crippen molar-refractivity contribution in [3.05, 3.63) is 53.8 Å². The first kappa shape index (κ1) is 27.7. The Balaban J connectivity index is 1.08. The Morgan fingerprint density at radius 1 is 1.00 bits per heavy atom. The molecule has 1 atom stereocenters. The van der Waals surface area contributed by atoms with Crippen LogP contribution in [0.25, 0.3) is 0 Å². The average molecular weight is 553 g/mol. The van der Waals surface area contributed by atoms with Crippen LogP contribution < -0.4 is 19.9 Å². The fourth-order valence-electron chi connectivity index (χ4n) is 5.43. The van der Waals surface area contributed by atoms with Crippen LogP contribution in [0.15, 0.2) is 47.6 Å². The molecule has 1 N–H and O–H groups in total. The zero-order valence-corrected chi connectivity index (χ0v) is 23.1. The van der Waals surface area contributed by atoms with E-state index < -0.39 is 0 Å². The second kappa shape index (κ2) is 12.5. The first-order chi connectivity index (χ1) is 19.4. The summed E-state index contributed by atoms with van der Waals surface area (Å²) in [5.41, 5.74) is 2.95. The summed E-state index contributed by atoms with van der Waals surface area (Å²) in [5, 5.41) is 6.80. The van der Waals surface area contributed by atoms with E-state index in [-0.39, 0.29) is 23.7 Å². The van der Waals surface area contributed by atoms with Gasteiger partial charge in [0, 0.05) is 71.3 Å². The molecule has 214 valence electrons. The maximum absolute atomic E-state index is 15.1. The number of carbonyl (C=O) groups is 2. The zero-order chi connectivity index (χ0) is 28.1. The first-order valence-electron chi connectivity index (χ1n) is 13.8. The lowest BCUT2D eigenvalue weighted by Crippen LogP contribution is -2.54. The van der Waals surface area contributed by atoms with Gasteiger partial charge in [0.1, 0.15) is 17.7 Å². The van der Waals surface area contributed by atoms with Crippen molar-refractivity contribution in [2.24, 2.45) is 5.16 Å². The summed E-state index contributed by atoms with van der Waals surface area (Å²) in [7, 11) is 1.69. The van der Waals surface area contributed by atoms with Gasteiger partial charge in [0.2, 0.25) is 11.8 Å². The van der Waals surface area contributed by atoms with Crippen LogP contribution in [0.5, 0.6) is 5.75 Å². The third-order valence-electron chi connectivity index (χ3n) is 7.72. The van der Waals surface area contributed by atoms with Crippen LogP contribution in [-0.2, 0) is 14.4 Å². The smallest absolute Gasteiger partial charge is 0.236 e. The maximum Gasteiger partial charge on any atom is 0.236 e. The van der Waals surface area contributed by atoms with Gasteiger partial charge < -0.3 is 29.6 Å². The van der Waals surface area contributed by atoms with Crippen molar-refractivity contribution in [1.29, 1.82) is 0 Å². The Bertz CT molecular complexity index is 1240. The maximum atomic E-state index is 15.1. The van der Waals surface area contributed by atoms with Crippen molar-refractivity contribution in [3.8, 4) is 5.75 Å². The molecule has 1 unspecified atom stereocenters. The highest BCUT2D eigenvalue weighted by atomic mass is 19.1. The molecule has 11 heteroatoms. The molecule has 3 aliphatic heterocycles. The predicted octanol–water partition coefficient (Wildman–Crippen LogP) is 1.93. The summed E-state index contributed by atoms with van der Waals surface area (Å²) < 4.78 is 20.6. The highest BCUT2D eigenvalue weighted by Gasteiger charge is 2.27. The Morgan fingerprint density at radius 3 is 2.40 bits per heavy atom. The topological polar surface area (TPSA) is 90.0 Å². The molecule has 0 aromatic heterocycles. The number of benzene rings is 2. The molecule has 2 amide bonds. The number of anilines is 2. The van der Waals surface area contributed by atoms with Crippen LogP contribution in [0.2, 0.25) is 0 Å². The molecule has 0 spiro atoms. The van der Waals surface area contributed by atoms with Crippen LogP contribution in [0, 0.1) is 5.82 Å². The van der Waals surface area contributed by atoms with E-state index in [1.807, 2.05) is 34.1 Å². The quantitative estimate of drug-likeness (QED) is 0.536. The number of nitrogens with zero attached hydrogens (tertiary/aromatic N) is 5. The zero-order valence-electron chi connectivity index (χ0n) is 23.1. The Hall–Kier alpha value is -3.86. The van der Waals surface area contributed by atoms with Crippen LogP contribution in [-0.4, -0.2) is 106 Å². The number of methoxy groups -OCH3 is 1. The molecule has 2 saturated heterocycles. The van der Waals surface area contributed by atoms with Crippen LogP contribution in [0.1, 0.15) is 18.9 Å². The first-order valence-corrected chi connectivity index (χ1v) is 13.8. The number of carbonyl (C=O) groups excluding carboxylic acids is 2. The highest BCUT2D eigenvalue weighted by Crippen LogP contribution is 2.28. The second-order valence-corrected chi connectivity index (χ2v) is 10.4. The largest absolute Gasteiger partial charge is 0.495 e. The molecule has 3 heterocycles. The van der Waals surface area contributed by atoms with Crippen molar-refractivity contribution in [3.63, 3.8) is 0 Å². The van der Waals surface area contributed by atoms with Crippen molar-refractivity contribution >= 4 is 28.9 Å². The minimum atomic E-state index is -0.321. The summed E-state index contributed by atoms with van der Waals surface area (Å²) in [6, 6.07) is 13.1. The third-order valence-corrected chi connectivity index (χ3v) is 7.72. The Morgan fingerprint density at radius 2 is 1.70 bits per heavy atom. The average Bonchev–Trinajstić information content (AvgIpc) is 3.46. The van der Waals surface area contributed by atoms with Gasteiger partial charge in [-0.1, -0.05) is 23.4 Å². The second-order valence-electron chi connectivity index (χ2n) is 10.4. The third kappa shape index (κ3) is 6.47. The monoisotopic (exact) mass is 552 g/mol. The predicted molar refractivity (Wildman–Crippen MR) is 152 cm³/mol. The van der Waals surface area contributed by atoms with Crippen LogP contribution >= 0.6 is 0 Å². The lowest BCUT2D eigenvalue weighted by atomic mass is 10.0. The van der Waals surface area contributed by atoms with E-state index in [0.29, 0.717) is 62.7 Å². The van der Waals surface area contributed by atoms with E-state index in [1.54, 1.807) is 13.2 Å². The molecule has 0 radical (unpaired) electrons. The normalized spacial score (nSPS) is 19.7. The van der Waals surface area contributed by atoms with E-state index in [2.05, 4.69) is 26.3 Å². The lowest BCUT2D eigenvalue weighted by molar-refractivity contribution is -0.132. The van der Waals surface area contributed by atoms with Gasteiger partial charge in [-0.15, -0.1) is 0 Å². The molecule has 2 aromatic rings. The number of piperazine rings is 2. The number of oxime groups is 1. The molecule has 5 rings (SSSR count). The molecular weight excluding hydrogens is 515 g/mol. The standard InChI is InChI=1S/C29H37FN6O4/c1-21(37)31-19-23-18-25(32-40-23)22-7-8-26(24(30)17-22)34-13-15-36(16-14-34)29(38)20-33-9-11-35(12-10-33)27-5-3-4-6-28(27)39-2/h3-8,17,23H,9-16,18-20H2,1-2H3,(H,31,37). The Labute approximate surface area is 234 Å². The van der Waals surface area contributed by atoms with Gasteiger partial charge >= 0.3 is 0 Å². The molecule has 10 nitrogen and oxygen atoms in total. The minimum Gasteiger partial charge on any atom is -0.495 e. The SMILES string of the molecule is COc1ccccc1N1CCN(CC(=O)N2CCN(c3ccc(C4=NOC(CNC(C)=O)C4)cc3F)CC2)CC1. The summed E-state index contributed by atoms with van der Waals surface area (Å²) in [5.74, 6) is 0.536. The van der Waals surface area contributed by atoms with E-state index in [4.69, 9.17) is 9.57 Å². The van der Waals surface area contributed by atoms with E-state index >= 15 is 4.39 Å². The summed E-state index contributed by atoms with van der Waals surface area (Å²) in [4.78, 5) is 37.9. The van der Waals surface area contributed by atoms with Crippen molar-refractivity contribution in [2.75, 3.05) is 82.4 Å². The fraction of sp³-hybridized carbons (Fsp3) is 0.483. The highest BCUT2D eigenvalue weighted by molar-refractivity contribution is 6.01. The number of para-hydroxylation sites is 2.